The standard InChI is InChI=1S/C52H46N2O2/c1-34(50-52(4,5)47-41-27-15-11-23-37(41)38-24-12-16-28-42(38)48(47)53(50)32-31-45(55)56)19-9-18-30-44-51(2,3)46-40-26-14-10-22-36(40)39-25-13-17-29-43(39)49(46)54(44)33-35-20-7-6-8-21-35/h6-30H,31-33H2,1-5H3/p+1. The fourth-order valence-electron chi connectivity index (χ4n) is 10.0. The second-order valence-corrected chi connectivity index (χ2v) is 16.4. The zero-order valence-corrected chi connectivity index (χ0v) is 32.8. The number of allylic oxidation sites excluding steroid dienone is 6. The summed E-state index contributed by atoms with van der Waals surface area (Å²) >= 11 is 0. The van der Waals surface area contributed by atoms with Gasteiger partial charge in [-0.2, -0.15) is 4.58 Å². The van der Waals surface area contributed by atoms with Gasteiger partial charge in [-0.1, -0.05) is 153 Å². The SMILES string of the molecule is C\C(=C/C=C/C=C1\N(Cc2ccccc2)c2c(c3ccccc3c3ccccc23)C1(C)C)C1=[N+](CCC(=O)O)c2c(c3ccccc3c3ccccc23)C1(C)C. The zero-order chi connectivity index (χ0) is 38.8. The van der Waals surface area contributed by atoms with Crippen LogP contribution in [0, 0.1) is 0 Å². The minimum atomic E-state index is -0.797. The van der Waals surface area contributed by atoms with Gasteiger partial charge in [-0.05, 0) is 76.4 Å². The molecule has 0 amide bonds. The molecule has 4 heteroatoms. The molecule has 0 aromatic heterocycles. The molecule has 4 nitrogen and oxygen atoms in total. The molecule has 276 valence electrons. The van der Waals surface area contributed by atoms with Crippen LogP contribution in [-0.4, -0.2) is 27.9 Å². The lowest BCUT2D eigenvalue weighted by Crippen LogP contribution is -2.31. The van der Waals surface area contributed by atoms with Crippen LogP contribution in [0.5, 0.6) is 0 Å². The van der Waals surface area contributed by atoms with E-state index in [1.165, 1.54) is 65.8 Å². The second-order valence-electron chi connectivity index (χ2n) is 16.4. The van der Waals surface area contributed by atoms with Crippen molar-refractivity contribution in [2.75, 3.05) is 11.4 Å². The Morgan fingerprint density at radius 2 is 1.12 bits per heavy atom. The lowest BCUT2D eigenvalue weighted by atomic mass is 9.76. The molecule has 1 N–H and O–H groups in total. The van der Waals surface area contributed by atoms with Crippen molar-refractivity contribution in [3.05, 3.63) is 180 Å². The molecule has 0 radical (unpaired) electrons. The molecule has 9 rings (SSSR count). The Balaban J connectivity index is 1.18. The summed E-state index contributed by atoms with van der Waals surface area (Å²) in [6.07, 6.45) is 8.91. The predicted octanol–water partition coefficient (Wildman–Crippen LogP) is 12.5. The van der Waals surface area contributed by atoms with Gasteiger partial charge < -0.3 is 10.0 Å². The number of carbonyl (C=O) groups is 1. The highest BCUT2D eigenvalue weighted by atomic mass is 16.4. The Morgan fingerprint density at radius 3 is 1.73 bits per heavy atom. The first-order chi connectivity index (χ1) is 27.1. The van der Waals surface area contributed by atoms with Crippen molar-refractivity contribution in [3.63, 3.8) is 0 Å². The van der Waals surface area contributed by atoms with E-state index in [-0.39, 0.29) is 17.3 Å². The lowest BCUT2D eigenvalue weighted by Gasteiger charge is -2.27. The number of hydrogen-bond acceptors (Lipinski definition) is 2. The summed E-state index contributed by atoms with van der Waals surface area (Å²) in [5.41, 5.74) is 9.18. The molecule has 0 aliphatic carbocycles. The topological polar surface area (TPSA) is 43.5 Å². The molecule has 2 aliphatic heterocycles. The number of anilines is 1. The average Bonchev–Trinajstić information content (AvgIpc) is 3.58. The first-order valence-corrected chi connectivity index (χ1v) is 19.7. The summed E-state index contributed by atoms with van der Waals surface area (Å²) < 4.78 is 2.30. The van der Waals surface area contributed by atoms with E-state index >= 15 is 0 Å². The second kappa shape index (κ2) is 13.5. The summed E-state index contributed by atoms with van der Waals surface area (Å²) in [5, 5.41) is 19.8. The Bertz CT molecular complexity index is 2870. The van der Waals surface area contributed by atoms with Crippen molar-refractivity contribution >= 4 is 66.1 Å². The highest BCUT2D eigenvalue weighted by molar-refractivity contribution is 6.20. The Labute approximate surface area is 329 Å². The third kappa shape index (κ3) is 5.50. The predicted molar refractivity (Wildman–Crippen MR) is 235 cm³/mol. The number of rotatable bonds is 8. The number of carboxylic acids is 1. The van der Waals surface area contributed by atoms with E-state index in [0.717, 1.165) is 28.9 Å². The van der Waals surface area contributed by atoms with Gasteiger partial charge in [-0.15, -0.1) is 0 Å². The van der Waals surface area contributed by atoms with Crippen molar-refractivity contribution in [2.45, 2.75) is 58.4 Å². The molecule has 7 aromatic carbocycles. The molecule has 0 fully saturated rings. The first kappa shape index (κ1) is 35.4. The summed E-state index contributed by atoms with van der Waals surface area (Å²) in [4.78, 5) is 14.6. The van der Waals surface area contributed by atoms with E-state index in [0.29, 0.717) is 6.54 Å². The summed E-state index contributed by atoms with van der Waals surface area (Å²) in [6, 6.07) is 45.7. The van der Waals surface area contributed by atoms with Gasteiger partial charge in [0.1, 0.15) is 6.42 Å². The van der Waals surface area contributed by atoms with Crippen LogP contribution in [0.4, 0.5) is 11.4 Å². The van der Waals surface area contributed by atoms with E-state index in [9.17, 15) is 9.90 Å². The normalized spacial score (nSPS) is 16.9. The van der Waals surface area contributed by atoms with Crippen LogP contribution >= 0.6 is 0 Å². The number of benzene rings is 7. The lowest BCUT2D eigenvalue weighted by molar-refractivity contribution is -0.435. The average molecular weight is 732 g/mol. The smallest absolute Gasteiger partial charge is 0.309 e. The fourth-order valence-corrected chi connectivity index (χ4v) is 10.0. The number of carboxylic acid groups (broad SMARTS) is 1. The van der Waals surface area contributed by atoms with E-state index < -0.39 is 5.97 Å². The van der Waals surface area contributed by atoms with Gasteiger partial charge in [0.2, 0.25) is 5.69 Å². The van der Waals surface area contributed by atoms with Crippen LogP contribution in [-0.2, 0) is 22.2 Å². The molecule has 56 heavy (non-hydrogen) atoms. The zero-order valence-electron chi connectivity index (χ0n) is 32.8. The number of aliphatic carboxylic acids is 1. The molecule has 0 atom stereocenters. The van der Waals surface area contributed by atoms with Crippen LogP contribution in [0.3, 0.4) is 0 Å². The molecule has 7 aromatic rings. The van der Waals surface area contributed by atoms with Gasteiger partial charge in [0.15, 0.2) is 12.3 Å². The van der Waals surface area contributed by atoms with Crippen molar-refractivity contribution < 1.29 is 14.5 Å². The fraction of sp³-hybridized carbons (Fsp3) is 0.192. The molecular weight excluding hydrogens is 685 g/mol. The summed E-state index contributed by atoms with van der Waals surface area (Å²) in [6.45, 7) is 12.6. The minimum Gasteiger partial charge on any atom is -0.481 e. The van der Waals surface area contributed by atoms with Crippen molar-refractivity contribution in [3.8, 4) is 0 Å². The van der Waals surface area contributed by atoms with Crippen molar-refractivity contribution in [1.82, 2.24) is 0 Å². The van der Waals surface area contributed by atoms with Gasteiger partial charge in [0.05, 0.1) is 16.5 Å². The third-order valence-electron chi connectivity index (χ3n) is 12.2. The Morgan fingerprint density at radius 1 is 0.625 bits per heavy atom. The molecular formula is C52H47N2O2+. The number of hydrogen-bond donors (Lipinski definition) is 1. The molecule has 0 bridgehead atoms. The quantitative estimate of drug-likeness (QED) is 0.0961. The maximum absolute atomic E-state index is 12.1. The molecule has 0 saturated heterocycles. The van der Waals surface area contributed by atoms with Gasteiger partial charge in [-0.25, -0.2) is 0 Å². The maximum Gasteiger partial charge on any atom is 0.309 e. The highest BCUT2D eigenvalue weighted by Gasteiger charge is 2.48. The largest absolute Gasteiger partial charge is 0.481 e. The monoisotopic (exact) mass is 731 g/mol. The number of nitrogens with zero attached hydrogens (tertiary/aromatic N) is 2. The van der Waals surface area contributed by atoms with Crippen LogP contribution in [0.2, 0.25) is 0 Å². The van der Waals surface area contributed by atoms with Crippen LogP contribution < -0.4 is 4.90 Å². The minimum absolute atomic E-state index is 0.0473. The summed E-state index contributed by atoms with van der Waals surface area (Å²) in [5.74, 6) is -0.797. The number of fused-ring (bicyclic) bond motifs is 12. The maximum atomic E-state index is 12.1. The molecule has 0 saturated carbocycles. The van der Waals surface area contributed by atoms with Crippen molar-refractivity contribution in [1.29, 1.82) is 0 Å². The van der Waals surface area contributed by atoms with E-state index in [1.54, 1.807) is 0 Å². The van der Waals surface area contributed by atoms with Gasteiger partial charge in [0.25, 0.3) is 0 Å². The first-order valence-electron chi connectivity index (χ1n) is 19.7. The molecule has 0 spiro atoms. The summed E-state index contributed by atoms with van der Waals surface area (Å²) in [7, 11) is 0. The third-order valence-corrected chi connectivity index (χ3v) is 12.2. The Hall–Kier alpha value is -6.26. The van der Waals surface area contributed by atoms with Gasteiger partial charge in [0, 0.05) is 34.2 Å². The van der Waals surface area contributed by atoms with Crippen LogP contribution in [0.1, 0.15) is 57.7 Å². The van der Waals surface area contributed by atoms with Crippen molar-refractivity contribution in [2.24, 2.45) is 0 Å². The molecule has 2 aliphatic rings. The van der Waals surface area contributed by atoms with Crippen LogP contribution in [0.15, 0.2) is 163 Å². The van der Waals surface area contributed by atoms with E-state index in [1.807, 2.05) is 0 Å². The van der Waals surface area contributed by atoms with E-state index in [4.69, 9.17) is 0 Å². The highest BCUT2D eigenvalue weighted by Crippen LogP contribution is 2.55. The molecule has 2 heterocycles. The van der Waals surface area contributed by atoms with Gasteiger partial charge >= 0.3 is 5.97 Å². The Kier molecular flexibility index (Phi) is 8.54. The van der Waals surface area contributed by atoms with Gasteiger partial charge in [-0.3, -0.25) is 4.79 Å². The van der Waals surface area contributed by atoms with Crippen LogP contribution in [0.25, 0.3) is 43.1 Å². The molecule has 0 unspecified atom stereocenters. The van der Waals surface area contributed by atoms with E-state index in [2.05, 4.69) is 196 Å².